The number of carbonyl (C=O) groups excluding carboxylic acids is 1. The molecule has 0 fully saturated rings. The predicted molar refractivity (Wildman–Crippen MR) is 115 cm³/mol. The maximum absolute atomic E-state index is 12.3. The lowest BCUT2D eigenvalue weighted by Gasteiger charge is -2.25. The predicted octanol–water partition coefficient (Wildman–Crippen LogP) is 4.04. The molecule has 0 saturated carbocycles. The summed E-state index contributed by atoms with van der Waals surface area (Å²) in [5.74, 6) is -0.0810. The summed E-state index contributed by atoms with van der Waals surface area (Å²) < 4.78 is 26.0. The van der Waals surface area contributed by atoms with E-state index in [2.05, 4.69) is 5.32 Å². The largest absolute Gasteiger partial charge is 0.350 e. The fourth-order valence-electron chi connectivity index (χ4n) is 3.11. The molecule has 152 valence electrons. The molecule has 2 aromatic rings. The third-order valence-electron chi connectivity index (χ3n) is 4.96. The van der Waals surface area contributed by atoms with Gasteiger partial charge in [0.05, 0.1) is 18.0 Å². The van der Waals surface area contributed by atoms with Crippen LogP contribution in [0, 0.1) is 20.8 Å². The zero-order valence-electron chi connectivity index (χ0n) is 17.3. The molecule has 1 amide bonds. The van der Waals surface area contributed by atoms with Gasteiger partial charge in [0.15, 0.2) is 0 Å². The average molecular weight is 403 g/mol. The maximum atomic E-state index is 12.3. The molecule has 1 N–H and O–H groups in total. The van der Waals surface area contributed by atoms with Crippen LogP contribution in [0.4, 0.5) is 5.69 Å². The summed E-state index contributed by atoms with van der Waals surface area (Å²) in [6, 6.07) is 13.6. The smallest absolute Gasteiger partial charge is 0.232 e. The van der Waals surface area contributed by atoms with Crippen LogP contribution >= 0.6 is 0 Å². The lowest BCUT2D eigenvalue weighted by Crippen LogP contribution is -2.33. The summed E-state index contributed by atoms with van der Waals surface area (Å²) in [6.07, 6.45) is 1.92. The number of hydrogen-bond acceptors (Lipinski definition) is 3. The quantitative estimate of drug-likeness (QED) is 0.725. The summed E-state index contributed by atoms with van der Waals surface area (Å²) in [6.45, 7) is 8.12. The highest BCUT2D eigenvalue weighted by Crippen LogP contribution is 2.25. The average Bonchev–Trinajstić information content (AvgIpc) is 2.61. The van der Waals surface area contributed by atoms with Crippen LogP contribution < -0.4 is 9.62 Å². The standard InChI is InChI=1S/C22H30N2O3S/c1-16-11-13-20(14-12-16)19(4)23-22(25)10-7-15-24(28(5,26)27)21-9-6-8-17(2)18(21)3/h6,8-9,11-14,19H,7,10,15H2,1-5H3,(H,23,25)/t19-/m0/s1. The van der Waals surface area contributed by atoms with E-state index in [4.69, 9.17) is 0 Å². The Morgan fingerprint density at radius 1 is 1.07 bits per heavy atom. The Morgan fingerprint density at radius 2 is 1.71 bits per heavy atom. The minimum absolute atomic E-state index is 0.0810. The highest BCUT2D eigenvalue weighted by atomic mass is 32.2. The van der Waals surface area contributed by atoms with Gasteiger partial charge in [-0.1, -0.05) is 42.0 Å². The number of sulfonamides is 1. The number of amides is 1. The van der Waals surface area contributed by atoms with Crippen LogP contribution in [0.1, 0.15) is 48.1 Å². The number of nitrogens with one attached hydrogen (secondary N) is 1. The summed E-state index contributed by atoms with van der Waals surface area (Å²) in [5, 5.41) is 2.98. The second-order valence-corrected chi connectivity index (χ2v) is 9.26. The van der Waals surface area contributed by atoms with Crippen molar-refractivity contribution in [2.75, 3.05) is 17.1 Å². The van der Waals surface area contributed by atoms with E-state index in [1.54, 1.807) is 0 Å². The monoisotopic (exact) mass is 402 g/mol. The van der Waals surface area contributed by atoms with Gasteiger partial charge in [-0.3, -0.25) is 9.10 Å². The van der Waals surface area contributed by atoms with Gasteiger partial charge in [0, 0.05) is 13.0 Å². The minimum Gasteiger partial charge on any atom is -0.350 e. The highest BCUT2D eigenvalue weighted by Gasteiger charge is 2.20. The van der Waals surface area contributed by atoms with Gasteiger partial charge in [0.1, 0.15) is 0 Å². The molecule has 0 heterocycles. The summed E-state index contributed by atoms with van der Waals surface area (Å²) in [4.78, 5) is 12.3. The molecule has 1 atom stereocenters. The Balaban J connectivity index is 1.97. The van der Waals surface area contributed by atoms with Crippen LogP contribution in [0.2, 0.25) is 0 Å². The van der Waals surface area contributed by atoms with E-state index in [1.807, 2.05) is 70.2 Å². The molecule has 0 unspecified atom stereocenters. The molecule has 6 heteroatoms. The van der Waals surface area contributed by atoms with Crippen LogP contribution in [0.3, 0.4) is 0 Å². The van der Waals surface area contributed by atoms with Crippen LogP contribution in [0.25, 0.3) is 0 Å². The Morgan fingerprint density at radius 3 is 2.32 bits per heavy atom. The van der Waals surface area contributed by atoms with Gasteiger partial charge >= 0.3 is 0 Å². The van der Waals surface area contributed by atoms with Crippen molar-refractivity contribution in [3.05, 3.63) is 64.7 Å². The fourth-order valence-corrected chi connectivity index (χ4v) is 4.12. The van der Waals surface area contributed by atoms with Gasteiger partial charge < -0.3 is 5.32 Å². The van der Waals surface area contributed by atoms with Gasteiger partial charge in [-0.2, -0.15) is 0 Å². The Hall–Kier alpha value is -2.34. The third-order valence-corrected chi connectivity index (χ3v) is 6.14. The SMILES string of the molecule is Cc1ccc([C@H](C)NC(=O)CCCN(c2cccc(C)c2C)S(C)(=O)=O)cc1. The van der Waals surface area contributed by atoms with E-state index in [-0.39, 0.29) is 24.9 Å². The first-order valence-electron chi connectivity index (χ1n) is 9.49. The Bertz CT molecular complexity index is 921. The van der Waals surface area contributed by atoms with E-state index in [0.29, 0.717) is 12.1 Å². The molecule has 0 aliphatic heterocycles. The first kappa shape index (κ1) is 22.0. The van der Waals surface area contributed by atoms with Crippen molar-refractivity contribution in [3.8, 4) is 0 Å². The number of benzene rings is 2. The molecule has 0 aliphatic carbocycles. The van der Waals surface area contributed by atoms with Gasteiger partial charge in [0.25, 0.3) is 0 Å². The zero-order chi connectivity index (χ0) is 20.9. The fraction of sp³-hybridized carbons (Fsp3) is 0.409. The van der Waals surface area contributed by atoms with E-state index < -0.39 is 10.0 Å². The molecule has 0 radical (unpaired) electrons. The van der Waals surface area contributed by atoms with Crippen molar-refractivity contribution >= 4 is 21.6 Å². The summed E-state index contributed by atoms with van der Waals surface area (Å²) in [7, 11) is -3.42. The topological polar surface area (TPSA) is 66.5 Å². The van der Waals surface area contributed by atoms with Gasteiger partial charge in [-0.25, -0.2) is 8.42 Å². The molecule has 0 spiro atoms. The molecule has 0 saturated heterocycles. The van der Waals surface area contributed by atoms with Crippen molar-refractivity contribution in [2.24, 2.45) is 0 Å². The number of carbonyl (C=O) groups is 1. The molecule has 2 aromatic carbocycles. The van der Waals surface area contributed by atoms with E-state index in [9.17, 15) is 13.2 Å². The minimum atomic E-state index is -3.42. The van der Waals surface area contributed by atoms with Crippen molar-refractivity contribution < 1.29 is 13.2 Å². The highest BCUT2D eigenvalue weighted by molar-refractivity contribution is 7.92. The lowest BCUT2D eigenvalue weighted by atomic mass is 10.1. The number of anilines is 1. The molecule has 0 aliphatic rings. The Labute approximate surface area is 168 Å². The van der Waals surface area contributed by atoms with Crippen molar-refractivity contribution in [1.82, 2.24) is 5.32 Å². The second kappa shape index (κ2) is 9.24. The molecular formula is C22H30N2O3S. The first-order chi connectivity index (χ1) is 13.1. The summed E-state index contributed by atoms with van der Waals surface area (Å²) in [5.41, 5.74) is 4.87. The van der Waals surface area contributed by atoms with Crippen LogP contribution in [-0.2, 0) is 14.8 Å². The Kier molecular flexibility index (Phi) is 7.24. The van der Waals surface area contributed by atoms with Crippen LogP contribution in [0.5, 0.6) is 0 Å². The maximum Gasteiger partial charge on any atom is 0.232 e. The van der Waals surface area contributed by atoms with Gasteiger partial charge in [-0.05, 0) is 56.9 Å². The normalized spacial score (nSPS) is 12.5. The second-order valence-electron chi connectivity index (χ2n) is 7.36. The lowest BCUT2D eigenvalue weighted by molar-refractivity contribution is -0.121. The van der Waals surface area contributed by atoms with Gasteiger partial charge in [0.2, 0.25) is 15.9 Å². The number of rotatable bonds is 8. The number of aryl methyl sites for hydroxylation is 2. The van der Waals surface area contributed by atoms with E-state index in [1.165, 1.54) is 16.1 Å². The van der Waals surface area contributed by atoms with E-state index in [0.717, 1.165) is 16.7 Å². The van der Waals surface area contributed by atoms with Crippen molar-refractivity contribution in [2.45, 2.75) is 46.6 Å². The first-order valence-corrected chi connectivity index (χ1v) is 11.3. The van der Waals surface area contributed by atoms with Gasteiger partial charge in [-0.15, -0.1) is 0 Å². The van der Waals surface area contributed by atoms with Crippen LogP contribution in [0.15, 0.2) is 42.5 Å². The zero-order valence-corrected chi connectivity index (χ0v) is 18.1. The molecule has 5 nitrogen and oxygen atoms in total. The van der Waals surface area contributed by atoms with Crippen LogP contribution in [-0.4, -0.2) is 27.1 Å². The molecular weight excluding hydrogens is 372 g/mol. The molecule has 0 aromatic heterocycles. The number of nitrogens with zero attached hydrogens (tertiary/aromatic N) is 1. The molecule has 28 heavy (non-hydrogen) atoms. The number of hydrogen-bond donors (Lipinski definition) is 1. The van der Waals surface area contributed by atoms with E-state index >= 15 is 0 Å². The molecule has 0 bridgehead atoms. The third kappa shape index (κ3) is 5.83. The summed E-state index contributed by atoms with van der Waals surface area (Å²) >= 11 is 0. The van der Waals surface area contributed by atoms with Crippen molar-refractivity contribution in [3.63, 3.8) is 0 Å². The van der Waals surface area contributed by atoms with Crippen molar-refractivity contribution in [1.29, 1.82) is 0 Å². The molecule has 2 rings (SSSR count).